The predicted octanol–water partition coefficient (Wildman–Crippen LogP) is 4.36. The third-order valence-electron chi connectivity index (χ3n) is 4.87. The van der Waals surface area contributed by atoms with Crippen LogP contribution in [0, 0.1) is 18.3 Å². The van der Waals surface area contributed by atoms with Crippen molar-refractivity contribution < 1.29 is 0 Å². The van der Waals surface area contributed by atoms with E-state index in [0.29, 0.717) is 17.9 Å². The smallest absolute Gasteiger partial charge is 0.0356 e. The predicted molar refractivity (Wildman–Crippen MR) is 84.6 cm³/mol. The minimum atomic E-state index is 0.239. The third kappa shape index (κ3) is 2.38. The lowest BCUT2D eigenvalue weighted by Crippen LogP contribution is -2.40. The van der Waals surface area contributed by atoms with Crippen LogP contribution in [0.5, 0.6) is 0 Å². The van der Waals surface area contributed by atoms with Gasteiger partial charge in [-0.25, -0.2) is 0 Å². The maximum Gasteiger partial charge on any atom is 0.0356 e. The van der Waals surface area contributed by atoms with E-state index >= 15 is 0 Å². The van der Waals surface area contributed by atoms with Crippen LogP contribution >= 0.6 is 0 Å². The molecule has 1 saturated carbocycles. The van der Waals surface area contributed by atoms with E-state index in [4.69, 9.17) is 6.42 Å². The Balaban J connectivity index is 1.93. The number of terminal acetylenes is 1. The molecule has 0 radical (unpaired) electrons. The summed E-state index contributed by atoms with van der Waals surface area (Å²) in [6.07, 6.45) is 9.36. The average Bonchev–Trinajstić information content (AvgIpc) is 3.03. The van der Waals surface area contributed by atoms with E-state index < -0.39 is 0 Å². The van der Waals surface area contributed by atoms with E-state index in [1.54, 1.807) is 0 Å². The molecule has 0 aromatic heterocycles. The molecule has 2 aliphatic rings. The van der Waals surface area contributed by atoms with Gasteiger partial charge in [0.2, 0.25) is 0 Å². The summed E-state index contributed by atoms with van der Waals surface area (Å²) in [6, 6.07) is 9.56. The lowest BCUT2D eigenvalue weighted by molar-refractivity contribution is 0.121. The van der Waals surface area contributed by atoms with Gasteiger partial charge in [-0.1, -0.05) is 24.3 Å². The Kier molecular flexibility index (Phi) is 3.38. The lowest BCUT2D eigenvalue weighted by Gasteiger charge is -2.38. The second kappa shape index (κ2) is 4.93. The average molecular weight is 267 g/mol. The first-order valence-electron chi connectivity index (χ1n) is 7.84. The first kappa shape index (κ1) is 13.7. The molecule has 2 fully saturated rings. The highest BCUT2D eigenvalue weighted by Crippen LogP contribution is 2.50. The minimum absolute atomic E-state index is 0.239. The largest absolute Gasteiger partial charge is 0.291 e. The van der Waals surface area contributed by atoms with Gasteiger partial charge in [0.15, 0.2) is 0 Å². The van der Waals surface area contributed by atoms with Gasteiger partial charge in [0.1, 0.15) is 0 Å². The molecule has 1 heteroatoms. The molecule has 1 heterocycles. The maximum absolute atomic E-state index is 5.60. The molecule has 1 saturated heterocycles. The van der Waals surface area contributed by atoms with Crippen LogP contribution in [-0.4, -0.2) is 17.0 Å². The molecule has 0 bridgehead atoms. The van der Waals surface area contributed by atoms with Gasteiger partial charge in [0, 0.05) is 17.5 Å². The Labute approximate surface area is 123 Å². The summed E-state index contributed by atoms with van der Waals surface area (Å²) < 4.78 is 0. The fourth-order valence-electron chi connectivity index (χ4n) is 3.77. The molecule has 1 aromatic carbocycles. The van der Waals surface area contributed by atoms with Crippen molar-refractivity contribution in [3.05, 3.63) is 35.4 Å². The molecule has 3 rings (SSSR count). The minimum Gasteiger partial charge on any atom is -0.291 e. The van der Waals surface area contributed by atoms with Gasteiger partial charge in [-0.05, 0) is 63.6 Å². The van der Waals surface area contributed by atoms with Crippen molar-refractivity contribution in [3.63, 3.8) is 0 Å². The van der Waals surface area contributed by atoms with Crippen molar-refractivity contribution in [2.75, 3.05) is 6.54 Å². The van der Waals surface area contributed by atoms with E-state index in [1.165, 1.54) is 36.9 Å². The van der Waals surface area contributed by atoms with Crippen molar-refractivity contribution >= 4 is 0 Å². The molecule has 0 N–H and O–H groups in total. The van der Waals surface area contributed by atoms with E-state index in [0.717, 1.165) is 0 Å². The maximum atomic E-state index is 5.60. The summed E-state index contributed by atoms with van der Waals surface area (Å²) in [5, 5.41) is 0. The molecule has 106 valence electrons. The molecule has 0 spiro atoms. The van der Waals surface area contributed by atoms with Crippen LogP contribution in [0.3, 0.4) is 0 Å². The molecule has 0 amide bonds. The Morgan fingerprint density at radius 2 is 1.90 bits per heavy atom. The van der Waals surface area contributed by atoms with Crippen molar-refractivity contribution in [1.29, 1.82) is 0 Å². The van der Waals surface area contributed by atoms with Crippen LogP contribution < -0.4 is 0 Å². The van der Waals surface area contributed by atoms with Gasteiger partial charge in [-0.3, -0.25) is 4.90 Å². The first-order valence-corrected chi connectivity index (χ1v) is 7.84. The fraction of sp³-hybridized carbons (Fsp3) is 0.579. The SMILES string of the molecule is C#CC1CC1c1ccccc1C1CCCN1C(C)(C)C. The lowest BCUT2D eigenvalue weighted by atomic mass is 9.93. The summed E-state index contributed by atoms with van der Waals surface area (Å²) in [6.45, 7) is 8.20. The number of benzene rings is 1. The van der Waals surface area contributed by atoms with Crippen LogP contribution in [0.15, 0.2) is 24.3 Å². The molecule has 1 aliphatic carbocycles. The van der Waals surface area contributed by atoms with E-state index in [9.17, 15) is 0 Å². The zero-order chi connectivity index (χ0) is 14.3. The van der Waals surface area contributed by atoms with Crippen molar-refractivity contribution in [1.82, 2.24) is 4.90 Å². The number of nitrogens with zero attached hydrogens (tertiary/aromatic N) is 1. The van der Waals surface area contributed by atoms with Gasteiger partial charge in [-0.15, -0.1) is 12.3 Å². The highest BCUT2D eigenvalue weighted by molar-refractivity contribution is 5.39. The van der Waals surface area contributed by atoms with Crippen LogP contribution in [0.4, 0.5) is 0 Å². The summed E-state index contributed by atoms with van der Waals surface area (Å²) in [5.74, 6) is 4.02. The molecular formula is C19H25N. The summed E-state index contributed by atoms with van der Waals surface area (Å²) in [5.41, 5.74) is 3.28. The number of hydrogen-bond donors (Lipinski definition) is 0. The van der Waals surface area contributed by atoms with E-state index in [-0.39, 0.29) is 5.54 Å². The summed E-state index contributed by atoms with van der Waals surface area (Å²) in [7, 11) is 0. The summed E-state index contributed by atoms with van der Waals surface area (Å²) in [4.78, 5) is 2.67. The van der Waals surface area contributed by atoms with Crippen molar-refractivity contribution in [2.24, 2.45) is 5.92 Å². The van der Waals surface area contributed by atoms with Crippen molar-refractivity contribution in [3.8, 4) is 12.3 Å². The Morgan fingerprint density at radius 3 is 2.50 bits per heavy atom. The van der Waals surface area contributed by atoms with Gasteiger partial charge >= 0.3 is 0 Å². The van der Waals surface area contributed by atoms with Crippen molar-refractivity contribution in [2.45, 2.75) is 57.5 Å². The number of likely N-dealkylation sites (tertiary alicyclic amines) is 1. The molecule has 20 heavy (non-hydrogen) atoms. The Hall–Kier alpha value is -1.26. The van der Waals surface area contributed by atoms with Crippen LogP contribution in [-0.2, 0) is 0 Å². The molecular weight excluding hydrogens is 242 g/mol. The zero-order valence-corrected chi connectivity index (χ0v) is 12.9. The highest BCUT2D eigenvalue weighted by atomic mass is 15.2. The standard InChI is InChI=1S/C19H25N/c1-5-14-13-17(14)15-9-6-7-10-16(15)18-11-8-12-20(18)19(2,3)4/h1,6-7,9-10,14,17-18H,8,11-13H2,2-4H3. The highest BCUT2D eigenvalue weighted by Gasteiger charge is 2.41. The molecule has 1 aromatic rings. The molecule has 1 aliphatic heterocycles. The third-order valence-corrected chi connectivity index (χ3v) is 4.87. The molecule has 1 nitrogen and oxygen atoms in total. The summed E-state index contributed by atoms with van der Waals surface area (Å²) >= 11 is 0. The number of hydrogen-bond acceptors (Lipinski definition) is 1. The fourth-order valence-corrected chi connectivity index (χ4v) is 3.77. The molecule has 3 atom stereocenters. The van der Waals surface area contributed by atoms with Gasteiger partial charge in [0.25, 0.3) is 0 Å². The van der Waals surface area contributed by atoms with Gasteiger partial charge in [-0.2, -0.15) is 0 Å². The van der Waals surface area contributed by atoms with Crippen LogP contribution in [0.2, 0.25) is 0 Å². The van der Waals surface area contributed by atoms with Crippen LogP contribution in [0.25, 0.3) is 0 Å². The van der Waals surface area contributed by atoms with E-state index in [1.807, 2.05) is 0 Å². The molecule has 3 unspecified atom stereocenters. The van der Waals surface area contributed by atoms with Gasteiger partial charge < -0.3 is 0 Å². The second-order valence-corrected chi connectivity index (χ2v) is 7.27. The van der Waals surface area contributed by atoms with E-state index in [2.05, 4.69) is 55.9 Å². The Morgan fingerprint density at radius 1 is 1.20 bits per heavy atom. The van der Waals surface area contributed by atoms with Gasteiger partial charge in [0.05, 0.1) is 0 Å². The Bertz CT molecular complexity index is 531. The topological polar surface area (TPSA) is 3.24 Å². The zero-order valence-electron chi connectivity index (χ0n) is 12.9. The number of rotatable bonds is 2. The van der Waals surface area contributed by atoms with Crippen LogP contribution in [0.1, 0.15) is 63.1 Å². The first-order chi connectivity index (χ1) is 9.52. The quantitative estimate of drug-likeness (QED) is 0.720. The second-order valence-electron chi connectivity index (χ2n) is 7.27. The monoisotopic (exact) mass is 267 g/mol. The normalized spacial score (nSPS) is 30.2.